The monoisotopic (exact) mass is 393 g/mol. The molecule has 1 aliphatic rings. The van der Waals surface area contributed by atoms with E-state index in [0.29, 0.717) is 24.8 Å². The second-order valence-corrected chi connectivity index (χ2v) is 7.02. The van der Waals surface area contributed by atoms with Gasteiger partial charge in [0, 0.05) is 44.9 Å². The van der Waals surface area contributed by atoms with Gasteiger partial charge in [-0.25, -0.2) is 4.98 Å². The smallest absolute Gasteiger partial charge is 0.260 e. The number of hydrogen-bond donors (Lipinski definition) is 0. The largest absolute Gasteiger partial charge is 0.484 e. The van der Waals surface area contributed by atoms with E-state index in [1.54, 1.807) is 13.1 Å². The van der Waals surface area contributed by atoms with Gasteiger partial charge in [0.15, 0.2) is 6.61 Å². The summed E-state index contributed by atoms with van der Waals surface area (Å²) in [6.45, 7) is 6.55. The summed E-state index contributed by atoms with van der Waals surface area (Å²) in [6.07, 6.45) is 1.74. The lowest BCUT2D eigenvalue weighted by Gasteiger charge is -2.35. The van der Waals surface area contributed by atoms with Gasteiger partial charge in [-0.2, -0.15) is 4.98 Å². The van der Waals surface area contributed by atoms with Crippen LogP contribution in [0.25, 0.3) is 11.4 Å². The van der Waals surface area contributed by atoms with Gasteiger partial charge < -0.3 is 19.1 Å². The van der Waals surface area contributed by atoms with Gasteiger partial charge in [-0.1, -0.05) is 17.3 Å². The molecule has 1 aromatic carbocycles. The number of carbonyl (C=O) groups is 1. The molecule has 2 aromatic heterocycles. The highest BCUT2D eigenvalue weighted by Crippen LogP contribution is 2.19. The topological polar surface area (TPSA) is 84.6 Å². The van der Waals surface area contributed by atoms with Crippen molar-refractivity contribution in [2.24, 2.45) is 0 Å². The molecule has 0 bridgehead atoms. The van der Waals surface area contributed by atoms with Gasteiger partial charge in [-0.3, -0.25) is 4.79 Å². The van der Waals surface area contributed by atoms with Crippen LogP contribution < -0.4 is 9.64 Å². The van der Waals surface area contributed by atoms with Crippen molar-refractivity contribution >= 4 is 11.7 Å². The number of amides is 1. The number of pyridine rings is 1. The van der Waals surface area contributed by atoms with E-state index in [1.807, 2.05) is 48.2 Å². The van der Waals surface area contributed by atoms with Crippen LogP contribution in [0, 0.1) is 13.8 Å². The number of nitrogens with zero attached hydrogens (tertiary/aromatic N) is 5. The minimum Gasteiger partial charge on any atom is -0.484 e. The predicted octanol–water partition coefficient (Wildman–Crippen LogP) is 2.48. The van der Waals surface area contributed by atoms with E-state index in [1.165, 1.54) is 0 Å². The fourth-order valence-corrected chi connectivity index (χ4v) is 3.25. The summed E-state index contributed by atoms with van der Waals surface area (Å²) < 4.78 is 10.6. The molecule has 1 fully saturated rings. The van der Waals surface area contributed by atoms with Crippen LogP contribution in [0.1, 0.15) is 11.5 Å². The molecule has 150 valence electrons. The van der Waals surface area contributed by atoms with Crippen LogP contribution in [-0.4, -0.2) is 58.7 Å². The molecule has 8 heteroatoms. The Morgan fingerprint density at radius 3 is 2.62 bits per heavy atom. The third-order valence-electron chi connectivity index (χ3n) is 4.84. The quantitative estimate of drug-likeness (QED) is 0.658. The van der Waals surface area contributed by atoms with E-state index in [4.69, 9.17) is 9.26 Å². The number of aryl methyl sites for hydroxylation is 2. The van der Waals surface area contributed by atoms with Crippen molar-refractivity contribution in [1.82, 2.24) is 20.0 Å². The van der Waals surface area contributed by atoms with Gasteiger partial charge in [-0.05, 0) is 36.8 Å². The molecule has 3 heterocycles. The predicted molar refractivity (Wildman–Crippen MR) is 108 cm³/mol. The van der Waals surface area contributed by atoms with E-state index in [0.717, 1.165) is 35.8 Å². The summed E-state index contributed by atoms with van der Waals surface area (Å²) in [7, 11) is 0. The Labute approximate surface area is 169 Å². The van der Waals surface area contributed by atoms with Crippen molar-refractivity contribution in [3.8, 4) is 17.1 Å². The second kappa shape index (κ2) is 8.30. The molecule has 8 nitrogen and oxygen atoms in total. The van der Waals surface area contributed by atoms with Crippen molar-refractivity contribution < 1.29 is 14.1 Å². The van der Waals surface area contributed by atoms with Crippen molar-refractivity contribution in [3.05, 3.63) is 54.0 Å². The Balaban J connectivity index is 1.29. The molecule has 0 N–H and O–H groups in total. The van der Waals surface area contributed by atoms with Gasteiger partial charge in [0.1, 0.15) is 11.6 Å². The van der Waals surface area contributed by atoms with Gasteiger partial charge in [0.25, 0.3) is 5.91 Å². The Kier molecular flexibility index (Phi) is 5.41. The van der Waals surface area contributed by atoms with Crippen LogP contribution >= 0.6 is 0 Å². The Hall–Kier alpha value is -3.42. The van der Waals surface area contributed by atoms with Crippen LogP contribution in [0.3, 0.4) is 0 Å². The third-order valence-corrected chi connectivity index (χ3v) is 4.84. The summed E-state index contributed by atoms with van der Waals surface area (Å²) >= 11 is 0. The van der Waals surface area contributed by atoms with Crippen LogP contribution in [0.4, 0.5) is 5.82 Å². The van der Waals surface area contributed by atoms with Crippen LogP contribution in [0.2, 0.25) is 0 Å². The number of ether oxygens (including phenoxy) is 1. The summed E-state index contributed by atoms with van der Waals surface area (Å²) in [6, 6.07) is 11.6. The molecule has 0 saturated carbocycles. The molecule has 0 aliphatic carbocycles. The van der Waals surface area contributed by atoms with E-state index in [-0.39, 0.29) is 12.5 Å². The zero-order chi connectivity index (χ0) is 20.2. The SMILES string of the molecule is Cc1cccc(OCC(=O)N2CCN(c3ccc(-c4noc(C)n4)cn3)CC2)c1. The summed E-state index contributed by atoms with van der Waals surface area (Å²) in [4.78, 5) is 25.2. The molecule has 0 atom stereocenters. The lowest BCUT2D eigenvalue weighted by molar-refractivity contribution is -0.133. The fourth-order valence-electron chi connectivity index (χ4n) is 3.25. The molecule has 0 unspecified atom stereocenters. The van der Waals surface area contributed by atoms with Crippen molar-refractivity contribution in [3.63, 3.8) is 0 Å². The summed E-state index contributed by atoms with van der Waals surface area (Å²) in [5.41, 5.74) is 1.92. The molecule has 0 radical (unpaired) electrons. The normalized spacial score (nSPS) is 14.1. The van der Waals surface area contributed by atoms with E-state index in [2.05, 4.69) is 20.0 Å². The fraction of sp³-hybridized carbons (Fsp3) is 0.333. The van der Waals surface area contributed by atoms with Gasteiger partial charge in [0.05, 0.1) is 0 Å². The Morgan fingerprint density at radius 1 is 1.14 bits per heavy atom. The number of carbonyl (C=O) groups excluding carboxylic acids is 1. The van der Waals surface area contributed by atoms with E-state index in [9.17, 15) is 4.79 Å². The molecule has 4 rings (SSSR count). The first-order valence-corrected chi connectivity index (χ1v) is 9.57. The standard InChI is InChI=1S/C21H23N5O3/c1-15-4-3-5-18(12-15)28-14-20(27)26-10-8-25(9-11-26)19-7-6-17(13-22-19)21-23-16(2)29-24-21/h3-7,12-13H,8-11,14H2,1-2H3. The second-order valence-electron chi connectivity index (χ2n) is 7.02. The highest BCUT2D eigenvalue weighted by atomic mass is 16.5. The molecule has 3 aromatic rings. The molecule has 1 saturated heterocycles. The molecule has 1 amide bonds. The lowest BCUT2D eigenvalue weighted by atomic mass is 10.2. The Morgan fingerprint density at radius 2 is 1.97 bits per heavy atom. The average molecular weight is 393 g/mol. The van der Waals surface area contributed by atoms with E-state index >= 15 is 0 Å². The maximum absolute atomic E-state index is 12.4. The minimum absolute atomic E-state index is 0.00180. The van der Waals surface area contributed by atoms with Crippen LogP contribution in [-0.2, 0) is 4.79 Å². The first kappa shape index (κ1) is 18.9. The lowest BCUT2D eigenvalue weighted by Crippen LogP contribution is -2.50. The maximum atomic E-state index is 12.4. The van der Waals surface area contributed by atoms with Crippen molar-refractivity contribution in [2.75, 3.05) is 37.7 Å². The highest BCUT2D eigenvalue weighted by Gasteiger charge is 2.22. The molecule has 29 heavy (non-hydrogen) atoms. The molecule has 1 aliphatic heterocycles. The van der Waals surface area contributed by atoms with Crippen LogP contribution in [0.15, 0.2) is 47.1 Å². The number of rotatable bonds is 5. The zero-order valence-corrected chi connectivity index (χ0v) is 16.5. The third kappa shape index (κ3) is 4.53. The number of benzene rings is 1. The molecular formula is C21H23N5O3. The van der Waals surface area contributed by atoms with Crippen molar-refractivity contribution in [2.45, 2.75) is 13.8 Å². The van der Waals surface area contributed by atoms with Crippen molar-refractivity contribution in [1.29, 1.82) is 0 Å². The van der Waals surface area contributed by atoms with Gasteiger partial charge >= 0.3 is 0 Å². The molecular weight excluding hydrogens is 370 g/mol. The summed E-state index contributed by atoms with van der Waals surface area (Å²) in [5.74, 6) is 2.65. The first-order valence-electron chi connectivity index (χ1n) is 9.57. The number of hydrogen-bond acceptors (Lipinski definition) is 7. The number of piperazine rings is 1. The minimum atomic E-state index is 0.00180. The number of anilines is 1. The Bertz CT molecular complexity index is 978. The highest BCUT2D eigenvalue weighted by molar-refractivity contribution is 5.78. The van der Waals surface area contributed by atoms with Gasteiger partial charge in [-0.15, -0.1) is 0 Å². The summed E-state index contributed by atoms with van der Waals surface area (Å²) in [5, 5.41) is 3.91. The number of aromatic nitrogens is 3. The van der Waals surface area contributed by atoms with Gasteiger partial charge in [0.2, 0.25) is 11.7 Å². The molecule has 0 spiro atoms. The maximum Gasteiger partial charge on any atom is 0.260 e. The average Bonchev–Trinajstić information content (AvgIpc) is 3.19. The van der Waals surface area contributed by atoms with Crippen LogP contribution in [0.5, 0.6) is 5.75 Å². The first-order chi connectivity index (χ1) is 14.1. The zero-order valence-electron chi connectivity index (χ0n) is 16.5. The van der Waals surface area contributed by atoms with E-state index < -0.39 is 0 Å².